The van der Waals surface area contributed by atoms with E-state index in [2.05, 4.69) is 69.0 Å². The molecule has 20 heavy (non-hydrogen) atoms. The van der Waals surface area contributed by atoms with Gasteiger partial charge in [-0.1, -0.05) is 36.2 Å². The lowest BCUT2D eigenvalue weighted by Crippen LogP contribution is -2.04. The average molecular weight is 336 g/mol. The third-order valence-electron chi connectivity index (χ3n) is 3.34. The van der Waals surface area contributed by atoms with Crippen LogP contribution in [-0.2, 0) is 13.0 Å². The van der Waals surface area contributed by atoms with Crippen LogP contribution >= 0.6 is 15.9 Å². The van der Waals surface area contributed by atoms with E-state index in [0.29, 0.717) is 0 Å². The molecule has 1 aromatic carbocycles. The summed E-state index contributed by atoms with van der Waals surface area (Å²) in [5, 5.41) is 3.48. The van der Waals surface area contributed by atoms with Gasteiger partial charge in [0.1, 0.15) is 0 Å². The fraction of sp³-hybridized carbons (Fsp3) is 0.438. The highest BCUT2D eigenvalue weighted by Crippen LogP contribution is 2.25. The fourth-order valence-electron chi connectivity index (χ4n) is 2.24. The number of aryl methyl sites for hydroxylation is 3. The van der Waals surface area contributed by atoms with Crippen molar-refractivity contribution in [3.8, 4) is 0 Å². The van der Waals surface area contributed by atoms with Gasteiger partial charge in [-0.15, -0.1) is 0 Å². The molecule has 3 nitrogen and oxygen atoms in total. The molecular formula is C16H22BrN3. The second-order valence-corrected chi connectivity index (χ2v) is 5.95. The first-order valence-electron chi connectivity index (χ1n) is 7.23. The molecule has 0 atom stereocenters. The van der Waals surface area contributed by atoms with E-state index < -0.39 is 0 Å². The molecule has 1 heterocycles. The summed E-state index contributed by atoms with van der Waals surface area (Å²) in [6.07, 6.45) is 5.47. The standard InChI is InChI=1S/C16H22BrN3/c1-4-6-9-20-11-12(3)18-16(20)19-15-8-7-14(17)10-13(15)5-2/h7-8,10-11H,4-6,9H2,1-3H3,(H,18,19). The zero-order valence-corrected chi connectivity index (χ0v) is 14.0. The number of aromatic nitrogens is 2. The normalized spacial score (nSPS) is 10.8. The first kappa shape index (κ1) is 15.1. The van der Waals surface area contributed by atoms with Crippen molar-refractivity contribution >= 4 is 27.6 Å². The van der Waals surface area contributed by atoms with Crippen LogP contribution in [0.4, 0.5) is 11.6 Å². The molecule has 0 aliphatic carbocycles. The summed E-state index contributed by atoms with van der Waals surface area (Å²) in [6.45, 7) is 7.43. The zero-order chi connectivity index (χ0) is 14.5. The van der Waals surface area contributed by atoms with Crippen LogP contribution in [0.3, 0.4) is 0 Å². The van der Waals surface area contributed by atoms with E-state index in [1.165, 1.54) is 18.4 Å². The van der Waals surface area contributed by atoms with Gasteiger partial charge in [0.05, 0.1) is 5.69 Å². The van der Waals surface area contributed by atoms with Crippen LogP contribution in [0, 0.1) is 6.92 Å². The Balaban J connectivity index is 2.25. The van der Waals surface area contributed by atoms with Gasteiger partial charge >= 0.3 is 0 Å². The number of hydrogen-bond donors (Lipinski definition) is 1. The minimum atomic E-state index is 0.938. The largest absolute Gasteiger partial charge is 0.325 e. The van der Waals surface area contributed by atoms with Crippen molar-refractivity contribution in [2.75, 3.05) is 5.32 Å². The molecule has 0 spiro atoms. The van der Waals surface area contributed by atoms with Crippen LogP contribution in [-0.4, -0.2) is 9.55 Å². The number of nitrogens with zero attached hydrogens (tertiary/aromatic N) is 2. The van der Waals surface area contributed by atoms with E-state index in [-0.39, 0.29) is 0 Å². The molecule has 0 bridgehead atoms. The van der Waals surface area contributed by atoms with Gasteiger partial charge in [0.2, 0.25) is 5.95 Å². The maximum atomic E-state index is 4.60. The quantitative estimate of drug-likeness (QED) is 0.799. The highest BCUT2D eigenvalue weighted by atomic mass is 79.9. The van der Waals surface area contributed by atoms with Crippen molar-refractivity contribution in [3.63, 3.8) is 0 Å². The summed E-state index contributed by atoms with van der Waals surface area (Å²) >= 11 is 3.53. The Morgan fingerprint density at radius 2 is 2.10 bits per heavy atom. The van der Waals surface area contributed by atoms with Gasteiger partial charge in [-0.05, 0) is 43.5 Å². The van der Waals surface area contributed by atoms with Gasteiger partial charge in [-0.3, -0.25) is 0 Å². The lowest BCUT2D eigenvalue weighted by atomic mass is 10.1. The average Bonchev–Trinajstić information content (AvgIpc) is 2.78. The number of halogens is 1. The Hall–Kier alpha value is -1.29. The number of hydrogen-bond acceptors (Lipinski definition) is 2. The summed E-state index contributed by atoms with van der Waals surface area (Å²) < 4.78 is 3.32. The Bertz CT molecular complexity index is 575. The maximum absolute atomic E-state index is 4.60. The lowest BCUT2D eigenvalue weighted by Gasteiger charge is -2.12. The molecule has 1 N–H and O–H groups in total. The molecule has 4 heteroatoms. The van der Waals surface area contributed by atoms with Crippen LogP contribution in [0.1, 0.15) is 37.9 Å². The van der Waals surface area contributed by atoms with Crippen LogP contribution in [0.15, 0.2) is 28.9 Å². The van der Waals surface area contributed by atoms with Gasteiger partial charge in [0.15, 0.2) is 0 Å². The van der Waals surface area contributed by atoms with Crippen molar-refractivity contribution in [2.24, 2.45) is 0 Å². The molecule has 0 amide bonds. The number of anilines is 2. The third-order valence-corrected chi connectivity index (χ3v) is 3.84. The van der Waals surface area contributed by atoms with Gasteiger partial charge in [0, 0.05) is 22.9 Å². The minimum Gasteiger partial charge on any atom is -0.325 e. The summed E-state index contributed by atoms with van der Waals surface area (Å²) in [4.78, 5) is 4.60. The van der Waals surface area contributed by atoms with Crippen LogP contribution < -0.4 is 5.32 Å². The molecule has 0 fully saturated rings. The number of nitrogens with one attached hydrogen (secondary N) is 1. The van der Waals surface area contributed by atoms with Crippen molar-refractivity contribution in [1.29, 1.82) is 0 Å². The Kier molecular flexibility index (Phi) is 5.24. The molecule has 108 valence electrons. The molecule has 0 radical (unpaired) electrons. The van der Waals surface area contributed by atoms with E-state index in [4.69, 9.17) is 0 Å². The molecule has 2 aromatic rings. The number of rotatable bonds is 6. The molecule has 0 aliphatic rings. The van der Waals surface area contributed by atoms with E-state index >= 15 is 0 Å². The van der Waals surface area contributed by atoms with Crippen LogP contribution in [0.2, 0.25) is 0 Å². The maximum Gasteiger partial charge on any atom is 0.207 e. The SMILES string of the molecule is CCCCn1cc(C)nc1Nc1ccc(Br)cc1CC. The minimum absolute atomic E-state index is 0.938. The van der Waals surface area contributed by atoms with Crippen LogP contribution in [0.5, 0.6) is 0 Å². The van der Waals surface area contributed by atoms with E-state index in [1.807, 2.05) is 6.92 Å². The Morgan fingerprint density at radius 3 is 2.80 bits per heavy atom. The van der Waals surface area contributed by atoms with Crippen molar-refractivity contribution < 1.29 is 0 Å². The first-order valence-corrected chi connectivity index (χ1v) is 8.02. The monoisotopic (exact) mass is 335 g/mol. The number of benzene rings is 1. The van der Waals surface area contributed by atoms with Gasteiger partial charge in [-0.25, -0.2) is 4.98 Å². The van der Waals surface area contributed by atoms with Gasteiger partial charge in [0.25, 0.3) is 0 Å². The fourth-order valence-corrected chi connectivity index (χ4v) is 2.65. The van der Waals surface area contributed by atoms with E-state index in [1.54, 1.807) is 0 Å². The second-order valence-electron chi connectivity index (χ2n) is 5.03. The molecule has 0 saturated carbocycles. The van der Waals surface area contributed by atoms with Gasteiger partial charge in [-0.2, -0.15) is 0 Å². The summed E-state index contributed by atoms with van der Waals surface area (Å²) in [5.41, 5.74) is 3.49. The second kappa shape index (κ2) is 6.93. The van der Waals surface area contributed by atoms with E-state index in [0.717, 1.165) is 34.8 Å². The molecule has 0 saturated heterocycles. The van der Waals surface area contributed by atoms with Crippen LogP contribution in [0.25, 0.3) is 0 Å². The summed E-state index contributed by atoms with van der Waals surface area (Å²) in [6, 6.07) is 6.33. The zero-order valence-electron chi connectivity index (χ0n) is 12.4. The smallest absolute Gasteiger partial charge is 0.207 e. The topological polar surface area (TPSA) is 29.9 Å². The van der Waals surface area contributed by atoms with Gasteiger partial charge < -0.3 is 9.88 Å². The Morgan fingerprint density at radius 1 is 1.30 bits per heavy atom. The summed E-state index contributed by atoms with van der Waals surface area (Å²) in [5.74, 6) is 0.938. The van der Waals surface area contributed by atoms with Crippen molar-refractivity contribution in [2.45, 2.75) is 46.6 Å². The molecule has 0 unspecified atom stereocenters. The Labute approximate surface area is 129 Å². The first-order chi connectivity index (χ1) is 9.63. The predicted molar refractivity (Wildman–Crippen MR) is 88.7 cm³/mol. The predicted octanol–water partition coefficient (Wildman–Crippen LogP) is 5.06. The van der Waals surface area contributed by atoms with E-state index in [9.17, 15) is 0 Å². The molecular weight excluding hydrogens is 314 g/mol. The molecule has 2 rings (SSSR count). The lowest BCUT2D eigenvalue weighted by molar-refractivity contribution is 0.637. The number of imidazole rings is 1. The van der Waals surface area contributed by atoms with Crippen molar-refractivity contribution in [1.82, 2.24) is 9.55 Å². The number of unbranched alkanes of at least 4 members (excludes halogenated alkanes) is 1. The molecule has 1 aromatic heterocycles. The van der Waals surface area contributed by atoms with Crippen molar-refractivity contribution in [3.05, 3.63) is 40.1 Å². The molecule has 0 aliphatic heterocycles. The summed E-state index contributed by atoms with van der Waals surface area (Å²) in [7, 11) is 0. The third kappa shape index (κ3) is 3.63. The highest BCUT2D eigenvalue weighted by molar-refractivity contribution is 9.10. The highest BCUT2D eigenvalue weighted by Gasteiger charge is 2.08.